The lowest BCUT2D eigenvalue weighted by atomic mass is 10.0. The average Bonchev–Trinajstić information content (AvgIpc) is 3.15. The van der Waals surface area contributed by atoms with E-state index in [0.29, 0.717) is 30.2 Å². The van der Waals surface area contributed by atoms with Crippen LogP contribution in [0.4, 0.5) is 5.82 Å². The summed E-state index contributed by atoms with van der Waals surface area (Å²) >= 11 is 0. The number of nitrogens with zero attached hydrogens (tertiary/aromatic N) is 4. The van der Waals surface area contributed by atoms with Gasteiger partial charge in [-0.05, 0) is 18.2 Å². The molecule has 1 aliphatic rings. The summed E-state index contributed by atoms with van der Waals surface area (Å²) in [6, 6.07) is 11.6. The van der Waals surface area contributed by atoms with Crippen LogP contribution in [0.25, 0.3) is 33.4 Å². The molecule has 8 heteroatoms. The summed E-state index contributed by atoms with van der Waals surface area (Å²) in [5.74, 6) is 1.23. The Hall–Kier alpha value is -3.94. The van der Waals surface area contributed by atoms with Crippen molar-refractivity contribution in [3.63, 3.8) is 0 Å². The number of fused-ring (bicyclic) bond motifs is 2. The van der Waals surface area contributed by atoms with Gasteiger partial charge in [-0.25, -0.2) is 4.98 Å². The van der Waals surface area contributed by atoms with Crippen molar-refractivity contribution in [1.29, 1.82) is 0 Å². The van der Waals surface area contributed by atoms with E-state index in [1.54, 1.807) is 31.3 Å². The molecule has 150 valence electrons. The van der Waals surface area contributed by atoms with Gasteiger partial charge >= 0.3 is 0 Å². The summed E-state index contributed by atoms with van der Waals surface area (Å²) in [4.78, 5) is 22.1. The predicted octanol–water partition coefficient (Wildman–Crippen LogP) is 3.19. The van der Waals surface area contributed by atoms with E-state index in [9.17, 15) is 4.79 Å². The number of methoxy groups -OCH3 is 1. The molecule has 1 amide bonds. The molecule has 0 saturated heterocycles. The van der Waals surface area contributed by atoms with E-state index in [-0.39, 0.29) is 5.91 Å². The van der Waals surface area contributed by atoms with Crippen LogP contribution < -0.4 is 10.1 Å². The summed E-state index contributed by atoms with van der Waals surface area (Å²) in [6.07, 6.45) is 3.66. The largest absolute Gasteiger partial charge is 0.496 e. The number of aromatic amines is 1. The Labute approximate surface area is 172 Å². The SMILES string of the molecule is COc1ccccc1-c1c[nH]c2ncc(-c3cc4c(nn3)NCCN(C)C4=O)cc12. The van der Waals surface area contributed by atoms with Crippen molar-refractivity contribution in [3.8, 4) is 28.1 Å². The van der Waals surface area contributed by atoms with Gasteiger partial charge in [0.05, 0.1) is 18.4 Å². The van der Waals surface area contributed by atoms with Crippen LogP contribution in [0.15, 0.2) is 48.8 Å². The average molecular weight is 400 g/mol. The number of hydrogen-bond donors (Lipinski definition) is 2. The molecule has 1 aliphatic heterocycles. The number of anilines is 1. The molecule has 30 heavy (non-hydrogen) atoms. The van der Waals surface area contributed by atoms with E-state index in [1.165, 1.54) is 0 Å². The molecule has 0 aliphatic carbocycles. The summed E-state index contributed by atoms with van der Waals surface area (Å²) in [5.41, 5.74) is 4.62. The van der Waals surface area contributed by atoms with E-state index in [1.807, 2.05) is 36.5 Å². The number of para-hydroxylation sites is 1. The number of rotatable bonds is 3. The minimum atomic E-state index is -0.0726. The zero-order valence-corrected chi connectivity index (χ0v) is 16.6. The lowest BCUT2D eigenvalue weighted by Crippen LogP contribution is -2.28. The number of amides is 1. The highest BCUT2D eigenvalue weighted by Gasteiger charge is 2.22. The van der Waals surface area contributed by atoms with Crippen molar-refractivity contribution in [2.45, 2.75) is 0 Å². The number of carbonyl (C=O) groups is 1. The van der Waals surface area contributed by atoms with Gasteiger partial charge in [0, 0.05) is 54.6 Å². The molecule has 0 saturated carbocycles. The van der Waals surface area contributed by atoms with E-state index in [4.69, 9.17) is 4.74 Å². The zero-order valence-electron chi connectivity index (χ0n) is 16.6. The molecule has 0 fully saturated rings. The van der Waals surface area contributed by atoms with Crippen LogP contribution in [-0.2, 0) is 0 Å². The second-order valence-corrected chi connectivity index (χ2v) is 7.17. The standard InChI is InChI=1S/C22H20N6O2/c1-28-8-7-23-21-16(22(28)29)10-18(26-27-21)13-9-15-17(12-25-20(15)24-11-13)14-5-3-4-6-19(14)30-2/h3-6,9-12H,7-8H2,1-2H3,(H,23,27)(H,24,25). The van der Waals surface area contributed by atoms with E-state index in [0.717, 1.165) is 33.5 Å². The Morgan fingerprint density at radius 1 is 1.10 bits per heavy atom. The molecule has 0 unspecified atom stereocenters. The van der Waals surface area contributed by atoms with Gasteiger partial charge in [0.2, 0.25) is 0 Å². The van der Waals surface area contributed by atoms with Crippen LogP contribution in [0.3, 0.4) is 0 Å². The topological polar surface area (TPSA) is 96.0 Å². The maximum Gasteiger partial charge on any atom is 0.257 e. The molecule has 1 aromatic carbocycles. The number of ether oxygens (including phenoxy) is 1. The predicted molar refractivity (Wildman–Crippen MR) is 115 cm³/mol. The first-order valence-corrected chi connectivity index (χ1v) is 9.63. The molecular weight excluding hydrogens is 380 g/mol. The Morgan fingerprint density at radius 2 is 1.97 bits per heavy atom. The third-order valence-electron chi connectivity index (χ3n) is 5.33. The highest BCUT2D eigenvalue weighted by Crippen LogP contribution is 2.36. The van der Waals surface area contributed by atoms with Crippen molar-refractivity contribution >= 4 is 22.8 Å². The number of nitrogens with one attached hydrogen (secondary N) is 2. The quantitative estimate of drug-likeness (QED) is 0.548. The Balaban J connectivity index is 1.63. The van der Waals surface area contributed by atoms with Crippen LogP contribution in [0, 0.1) is 0 Å². The summed E-state index contributed by atoms with van der Waals surface area (Å²) < 4.78 is 5.52. The van der Waals surface area contributed by atoms with Crippen molar-refractivity contribution in [2.75, 3.05) is 32.6 Å². The zero-order chi connectivity index (χ0) is 20.7. The van der Waals surface area contributed by atoms with Gasteiger partial charge in [-0.1, -0.05) is 18.2 Å². The third kappa shape index (κ3) is 2.93. The molecule has 2 N–H and O–H groups in total. The Morgan fingerprint density at radius 3 is 2.83 bits per heavy atom. The van der Waals surface area contributed by atoms with Gasteiger partial charge in [0.15, 0.2) is 5.82 Å². The van der Waals surface area contributed by atoms with Gasteiger partial charge < -0.3 is 19.9 Å². The molecule has 0 bridgehead atoms. The van der Waals surface area contributed by atoms with Crippen molar-refractivity contribution in [2.24, 2.45) is 0 Å². The lowest BCUT2D eigenvalue weighted by molar-refractivity contribution is 0.0805. The highest BCUT2D eigenvalue weighted by molar-refractivity contribution is 6.01. The van der Waals surface area contributed by atoms with Gasteiger partial charge in [-0.15, -0.1) is 10.2 Å². The summed E-state index contributed by atoms with van der Waals surface area (Å²) in [5, 5.41) is 12.7. The van der Waals surface area contributed by atoms with Crippen LogP contribution in [0.5, 0.6) is 5.75 Å². The number of pyridine rings is 1. The van der Waals surface area contributed by atoms with Gasteiger partial charge in [-0.2, -0.15) is 0 Å². The van der Waals surface area contributed by atoms with Gasteiger partial charge in [-0.3, -0.25) is 4.79 Å². The van der Waals surface area contributed by atoms with Crippen LogP contribution in [-0.4, -0.2) is 58.2 Å². The summed E-state index contributed by atoms with van der Waals surface area (Å²) in [7, 11) is 3.44. The number of aromatic nitrogens is 4. The molecule has 0 radical (unpaired) electrons. The van der Waals surface area contributed by atoms with E-state index in [2.05, 4.69) is 25.5 Å². The third-order valence-corrected chi connectivity index (χ3v) is 5.33. The van der Waals surface area contributed by atoms with Crippen molar-refractivity contribution in [3.05, 3.63) is 54.4 Å². The number of carbonyl (C=O) groups excluding carboxylic acids is 1. The molecule has 8 nitrogen and oxygen atoms in total. The summed E-state index contributed by atoms with van der Waals surface area (Å²) in [6.45, 7) is 1.26. The molecular formula is C22H20N6O2. The second-order valence-electron chi connectivity index (χ2n) is 7.17. The first kappa shape index (κ1) is 18.1. The van der Waals surface area contributed by atoms with Crippen molar-refractivity contribution in [1.82, 2.24) is 25.1 Å². The monoisotopic (exact) mass is 400 g/mol. The van der Waals surface area contributed by atoms with Crippen molar-refractivity contribution < 1.29 is 9.53 Å². The normalized spacial score (nSPS) is 13.7. The Kier molecular flexibility index (Phi) is 4.31. The number of likely N-dealkylation sites (N-methyl/N-ethyl adjacent to an activating group) is 1. The molecule has 5 rings (SSSR count). The Bertz CT molecular complexity index is 1270. The fourth-order valence-electron chi connectivity index (χ4n) is 3.71. The smallest absolute Gasteiger partial charge is 0.257 e. The van der Waals surface area contributed by atoms with E-state index >= 15 is 0 Å². The molecule has 0 spiro atoms. The van der Waals surface area contributed by atoms with Gasteiger partial charge in [0.25, 0.3) is 5.91 Å². The number of H-pyrrole nitrogens is 1. The second kappa shape index (κ2) is 7.14. The molecule has 4 heterocycles. The van der Waals surface area contributed by atoms with Crippen LogP contribution >= 0.6 is 0 Å². The molecule has 0 atom stereocenters. The molecule has 4 aromatic rings. The fraction of sp³-hybridized carbons (Fsp3) is 0.182. The number of hydrogen-bond acceptors (Lipinski definition) is 6. The minimum Gasteiger partial charge on any atom is -0.496 e. The molecule has 3 aromatic heterocycles. The maximum absolute atomic E-state index is 12.7. The number of benzene rings is 1. The minimum absolute atomic E-state index is 0.0726. The van der Waals surface area contributed by atoms with E-state index < -0.39 is 0 Å². The first-order valence-electron chi connectivity index (χ1n) is 9.63. The van der Waals surface area contributed by atoms with Gasteiger partial charge in [0.1, 0.15) is 11.4 Å². The lowest BCUT2D eigenvalue weighted by Gasteiger charge is -2.13. The van der Waals surface area contributed by atoms with Crippen LogP contribution in [0.1, 0.15) is 10.4 Å². The maximum atomic E-state index is 12.7. The van der Waals surface area contributed by atoms with Crippen LogP contribution in [0.2, 0.25) is 0 Å². The highest BCUT2D eigenvalue weighted by atomic mass is 16.5. The first-order chi connectivity index (χ1) is 14.7. The fourth-order valence-corrected chi connectivity index (χ4v) is 3.71.